The van der Waals surface area contributed by atoms with Crippen LogP contribution in [0.25, 0.3) is 0 Å². The number of nitrogens with zero attached hydrogens (tertiary/aromatic N) is 3. The van der Waals surface area contributed by atoms with Gasteiger partial charge in [0.2, 0.25) is 0 Å². The Morgan fingerprint density at radius 2 is 2.23 bits per heavy atom. The highest BCUT2D eigenvalue weighted by Crippen LogP contribution is 2.20. The van der Waals surface area contributed by atoms with Crippen LogP contribution >= 0.6 is 35.6 Å². The highest BCUT2D eigenvalue weighted by molar-refractivity contribution is 14.0. The Kier molecular flexibility index (Phi) is 10.6. The number of benzene rings is 1. The Morgan fingerprint density at radius 3 is 3.00 bits per heavy atom. The van der Waals surface area contributed by atoms with Crippen LogP contribution in [0.2, 0.25) is 5.02 Å². The number of nitrogens with one attached hydrogen (secondary N) is 2. The van der Waals surface area contributed by atoms with E-state index in [1.54, 1.807) is 12.3 Å². The van der Waals surface area contributed by atoms with Gasteiger partial charge in [-0.3, -0.25) is 4.99 Å². The first kappa shape index (κ1) is 24.6. The van der Waals surface area contributed by atoms with Crippen LogP contribution in [-0.4, -0.2) is 49.8 Å². The van der Waals surface area contributed by atoms with Crippen molar-refractivity contribution < 1.29 is 9.13 Å². The number of ether oxygens (including phenoxy) is 1. The predicted octanol–water partition coefficient (Wildman–Crippen LogP) is 3.84. The Morgan fingerprint density at radius 1 is 1.37 bits per heavy atom. The van der Waals surface area contributed by atoms with Crippen molar-refractivity contribution in [3.05, 3.63) is 59.0 Å². The van der Waals surface area contributed by atoms with E-state index < -0.39 is 0 Å². The molecule has 1 aliphatic heterocycles. The lowest BCUT2D eigenvalue weighted by Gasteiger charge is -2.20. The Hall–Kier alpha value is -1.65. The topological polar surface area (TPSA) is 61.8 Å². The van der Waals surface area contributed by atoms with Gasteiger partial charge in [0.1, 0.15) is 0 Å². The lowest BCUT2D eigenvalue weighted by atomic mass is 10.2. The minimum absolute atomic E-state index is 0. The zero-order chi connectivity index (χ0) is 20.5. The van der Waals surface area contributed by atoms with E-state index in [9.17, 15) is 4.39 Å². The third-order valence-corrected chi connectivity index (χ3v) is 4.81. The van der Waals surface area contributed by atoms with Crippen molar-refractivity contribution in [1.82, 2.24) is 15.6 Å². The van der Waals surface area contributed by atoms with E-state index in [-0.39, 0.29) is 35.8 Å². The summed E-state index contributed by atoms with van der Waals surface area (Å²) < 4.78 is 19.6. The van der Waals surface area contributed by atoms with E-state index in [4.69, 9.17) is 16.3 Å². The molecule has 3 rings (SSSR count). The van der Waals surface area contributed by atoms with Crippen LogP contribution in [0.15, 0.2) is 47.6 Å². The second kappa shape index (κ2) is 12.9. The van der Waals surface area contributed by atoms with Gasteiger partial charge in [-0.15, -0.1) is 24.0 Å². The molecule has 0 bridgehead atoms. The zero-order valence-corrected chi connectivity index (χ0v) is 20.1. The summed E-state index contributed by atoms with van der Waals surface area (Å²) in [6.07, 6.45) is 2.51. The molecule has 0 radical (unpaired) electrons. The number of guanidine groups is 1. The molecular formula is C21H28ClFIN5O. The fourth-order valence-corrected chi connectivity index (χ4v) is 3.45. The number of rotatable bonds is 8. The SMILES string of the molecule is CCNC(=NCCOCc1cccc(Cl)c1)NC1CCN(c2ncccc2F)C1.I. The molecular weight excluding hydrogens is 520 g/mol. The minimum Gasteiger partial charge on any atom is -0.375 e. The third-order valence-electron chi connectivity index (χ3n) is 4.58. The summed E-state index contributed by atoms with van der Waals surface area (Å²) in [6, 6.07) is 10.9. The summed E-state index contributed by atoms with van der Waals surface area (Å²) in [5.41, 5.74) is 1.04. The number of hydrogen-bond acceptors (Lipinski definition) is 4. The summed E-state index contributed by atoms with van der Waals surface area (Å²) in [4.78, 5) is 10.7. The summed E-state index contributed by atoms with van der Waals surface area (Å²) in [6.45, 7) is 5.79. The largest absolute Gasteiger partial charge is 0.375 e. The van der Waals surface area contributed by atoms with E-state index >= 15 is 0 Å². The molecule has 2 aromatic rings. The van der Waals surface area contributed by atoms with Crippen LogP contribution in [0, 0.1) is 5.82 Å². The van der Waals surface area contributed by atoms with Crippen LogP contribution in [0.5, 0.6) is 0 Å². The van der Waals surface area contributed by atoms with Gasteiger partial charge >= 0.3 is 0 Å². The normalized spacial score (nSPS) is 16.3. The van der Waals surface area contributed by atoms with Crippen molar-refractivity contribution in [3.63, 3.8) is 0 Å². The zero-order valence-electron chi connectivity index (χ0n) is 17.0. The van der Waals surface area contributed by atoms with Gasteiger partial charge in [0.15, 0.2) is 17.6 Å². The maximum absolute atomic E-state index is 14.0. The van der Waals surface area contributed by atoms with Crippen molar-refractivity contribution in [2.24, 2.45) is 4.99 Å². The molecule has 0 saturated carbocycles. The fraction of sp³-hybridized carbons (Fsp3) is 0.429. The quantitative estimate of drug-likeness (QED) is 0.228. The molecule has 1 aliphatic rings. The van der Waals surface area contributed by atoms with Crippen LogP contribution in [0.1, 0.15) is 18.9 Å². The average molecular weight is 548 g/mol. The second-order valence-electron chi connectivity index (χ2n) is 6.83. The van der Waals surface area contributed by atoms with Crippen molar-refractivity contribution in [2.75, 3.05) is 37.7 Å². The van der Waals surface area contributed by atoms with Gasteiger partial charge < -0.3 is 20.3 Å². The molecule has 0 amide bonds. The van der Waals surface area contributed by atoms with Crippen molar-refractivity contribution >= 4 is 47.4 Å². The molecule has 1 aromatic heterocycles. The van der Waals surface area contributed by atoms with Gasteiger partial charge in [-0.2, -0.15) is 0 Å². The number of halogens is 3. The van der Waals surface area contributed by atoms with E-state index in [1.165, 1.54) is 6.07 Å². The first-order valence-corrected chi connectivity index (χ1v) is 10.3. The van der Waals surface area contributed by atoms with E-state index in [2.05, 4.69) is 20.6 Å². The number of pyridine rings is 1. The highest BCUT2D eigenvalue weighted by Gasteiger charge is 2.25. The lowest BCUT2D eigenvalue weighted by Crippen LogP contribution is -2.44. The monoisotopic (exact) mass is 547 g/mol. The van der Waals surface area contributed by atoms with Gasteiger partial charge in [0.25, 0.3) is 0 Å². The molecule has 1 atom stereocenters. The first-order chi connectivity index (χ1) is 14.2. The number of hydrogen-bond donors (Lipinski definition) is 2. The molecule has 30 heavy (non-hydrogen) atoms. The summed E-state index contributed by atoms with van der Waals surface area (Å²) in [5, 5.41) is 7.38. The van der Waals surface area contributed by atoms with Crippen molar-refractivity contribution in [1.29, 1.82) is 0 Å². The summed E-state index contributed by atoms with van der Waals surface area (Å²) in [5.74, 6) is 0.867. The molecule has 0 spiro atoms. The molecule has 1 aromatic carbocycles. The first-order valence-electron chi connectivity index (χ1n) is 9.88. The Labute approximate surface area is 199 Å². The maximum atomic E-state index is 14.0. The van der Waals surface area contributed by atoms with Gasteiger partial charge in [0, 0.05) is 36.9 Å². The van der Waals surface area contributed by atoms with Crippen molar-refractivity contribution in [2.45, 2.75) is 26.0 Å². The van der Waals surface area contributed by atoms with E-state index in [1.807, 2.05) is 36.1 Å². The summed E-state index contributed by atoms with van der Waals surface area (Å²) >= 11 is 5.98. The summed E-state index contributed by atoms with van der Waals surface area (Å²) in [7, 11) is 0. The standard InChI is InChI=1S/C21H27ClFN5O.HI/c1-2-24-21(26-10-12-29-15-16-5-3-6-17(22)13-16)27-18-8-11-28(14-18)20-19(23)7-4-9-25-20;/h3-7,9,13,18H,2,8,10-12,14-15H2,1H3,(H2,24,26,27);1H. The second-order valence-corrected chi connectivity index (χ2v) is 7.26. The maximum Gasteiger partial charge on any atom is 0.191 e. The number of aromatic nitrogens is 1. The third kappa shape index (κ3) is 7.55. The van der Waals surface area contributed by atoms with Gasteiger partial charge in [-0.05, 0) is 43.2 Å². The smallest absolute Gasteiger partial charge is 0.191 e. The van der Waals surface area contributed by atoms with E-state index in [0.29, 0.717) is 37.1 Å². The molecule has 2 N–H and O–H groups in total. The van der Waals surface area contributed by atoms with Crippen LogP contribution < -0.4 is 15.5 Å². The molecule has 1 saturated heterocycles. The molecule has 0 aliphatic carbocycles. The molecule has 6 nitrogen and oxygen atoms in total. The molecule has 2 heterocycles. The Balaban J connectivity index is 0.00000320. The van der Waals surface area contributed by atoms with Crippen LogP contribution in [0.3, 0.4) is 0 Å². The van der Waals surface area contributed by atoms with E-state index in [0.717, 1.165) is 31.0 Å². The van der Waals surface area contributed by atoms with Crippen LogP contribution in [-0.2, 0) is 11.3 Å². The predicted molar refractivity (Wildman–Crippen MR) is 130 cm³/mol. The van der Waals surface area contributed by atoms with Gasteiger partial charge in [0.05, 0.1) is 19.8 Å². The molecule has 1 unspecified atom stereocenters. The molecule has 9 heteroatoms. The van der Waals surface area contributed by atoms with Gasteiger partial charge in [-0.1, -0.05) is 23.7 Å². The minimum atomic E-state index is -0.287. The number of anilines is 1. The lowest BCUT2D eigenvalue weighted by molar-refractivity contribution is 0.128. The van der Waals surface area contributed by atoms with Crippen molar-refractivity contribution in [3.8, 4) is 0 Å². The number of aliphatic imine (C=N–C) groups is 1. The van der Waals surface area contributed by atoms with Gasteiger partial charge in [-0.25, -0.2) is 9.37 Å². The highest BCUT2D eigenvalue weighted by atomic mass is 127. The molecule has 1 fully saturated rings. The molecule has 164 valence electrons. The fourth-order valence-electron chi connectivity index (χ4n) is 3.23. The average Bonchev–Trinajstić information content (AvgIpc) is 3.16. The van der Waals surface area contributed by atoms with Crippen LogP contribution in [0.4, 0.5) is 10.2 Å². The Bertz CT molecular complexity index is 825.